The third kappa shape index (κ3) is 4.80. The Morgan fingerprint density at radius 3 is 2.50 bits per heavy atom. The Morgan fingerprint density at radius 2 is 1.83 bits per heavy atom. The van der Waals surface area contributed by atoms with Crippen molar-refractivity contribution in [2.45, 2.75) is 13.0 Å². The maximum absolute atomic E-state index is 13.7. The van der Waals surface area contributed by atoms with Crippen molar-refractivity contribution in [2.24, 2.45) is 0 Å². The van der Waals surface area contributed by atoms with Crippen LogP contribution in [0.4, 0.5) is 4.39 Å². The molecule has 0 heterocycles. The Hall–Kier alpha value is -2.40. The predicted molar refractivity (Wildman–Crippen MR) is 91.3 cm³/mol. The first-order chi connectivity index (χ1) is 11.5. The van der Waals surface area contributed by atoms with E-state index in [-0.39, 0.29) is 41.9 Å². The molecule has 0 radical (unpaired) electrons. The van der Waals surface area contributed by atoms with Crippen LogP contribution in [0.2, 0.25) is 5.02 Å². The van der Waals surface area contributed by atoms with Gasteiger partial charge >= 0.3 is 0 Å². The lowest BCUT2D eigenvalue weighted by Crippen LogP contribution is -2.32. The van der Waals surface area contributed by atoms with Crippen LogP contribution in [0.5, 0.6) is 0 Å². The van der Waals surface area contributed by atoms with Crippen molar-refractivity contribution in [3.63, 3.8) is 0 Å². The SMILES string of the molecule is CN(Cc1c(F)cccc1Cl)C(=O)CCNC(=O)c1ccccc1. The van der Waals surface area contributed by atoms with E-state index >= 15 is 0 Å². The van der Waals surface area contributed by atoms with Gasteiger partial charge in [-0.15, -0.1) is 0 Å². The molecule has 0 saturated carbocycles. The summed E-state index contributed by atoms with van der Waals surface area (Å²) in [7, 11) is 1.57. The number of carbonyl (C=O) groups is 2. The van der Waals surface area contributed by atoms with Crippen LogP contribution in [0.25, 0.3) is 0 Å². The maximum Gasteiger partial charge on any atom is 0.251 e. The average Bonchev–Trinajstić information content (AvgIpc) is 2.58. The number of nitrogens with one attached hydrogen (secondary N) is 1. The van der Waals surface area contributed by atoms with Crippen molar-refractivity contribution in [3.8, 4) is 0 Å². The highest BCUT2D eigenvalue weighted by Gasteiger charge is 2.14. The highest BCUT2D eigenvalue weighted by Crippen LogP contribution is 2.20. The summed E-state index contributed by atoms with van der Waals surface area (Å²) in [6.07, 6.45) is 0.126. The molecule has 0 bridgehead atoms. The fourth-order valence-electron chi connectivity index (χ4n) is 2.17. The largest absolute Gasteiger partial charge is 0.352 e. The maximum atomic E-state index is 13.7. The quantitative estimate of drug-likeness (QED) is 0.871. The minimum atomic E-state index is -0.445. The number of rotatable bonds is 6. The smallest absolute Gasteiger partial charge is 0.251 e. The highest BCUT2D eigenvalue weighted by atomic mass is 35.5. The second-order valence-corrected chi connectivity index (χ2v) is 5.73. The molecule has 0 aliphatic carbocycles. The number of nitrogens with zero attached hydrogens (tertiary/aromatic N) is 1. The Labute approximate surface area is 145 Å². The Morgan fingerprint density at radius 1 is 1.12 bits per heavy atom. The van der Waals surface area contributed by atoms with Gasteiger partial charge in [-0.05, 0) is 24.3 Å². The minimum Gasteiger partial charge on any atom is -0.352 e. The molecule has 0 aromatic heterocycles. The van der Waals surface area contributed by atoms with Gasteiger partial charge in [0, 0.05) is 42.7 Å². The number of benzene rings is 2. The van der Waals surface area contributed by atoms with Gasteiger partial charge in [0.25, 0.3) is 5.91 Å². The average molecular weight is 349 g/mol. The molecule has 0 saturated heterocycles. The summed E-state index contributed by atoms with van der Waals surface area (Å²) in [5.74, 6) is -0.884. The molecule has 2 rings (SSSR count). The second kappa shape index (κ2) is 8.45. The molecule has 24 heavy (non-hydrogen) atoms. The normalized spacial score (nSPS) is 10.3. The van der Waals surface area contributed by atoms with Crippen molar-refractivity contribution >= 4 is 23.4 Å². The number of amides is 2. The predicted octanol–water partition coefficient (Wildman–Crippen LogP) is 3.26. The van der Waals surface area contributed by atoms with Gasteiger partial charge in [0.2, 0.25) is 5.91 Å². The van der Waals surface area contributed by atoms with Crippen LogP contribution in [-0.2, 0) is 11.3 Å². The molecule has 0 fully saturated rings. The van der Waals surface area contributed by atoms with E-state index in [9.17, 15) is 14.0 Å². The van der Waals surface area contributed by atoms with Crippen LogP contribution in [0.15, 0.2) is 48.5 Å². The molecule has 0 atom stereocenters. The second-order valence-electron chi connectivity index (χ2n) is 5.32. The van der Waals surface area contributed by atoms with Crippen LogP contribution >= 0.6 is 11.6 Å². The first kappa shape index (κ1) is 17.9. The number of hydrogen-bond donors (Lipinski definition) is 1. The molecule has 2 aromatic rings. The molecular weight excluding hydrogens is 331 g/mol. The number of hydrogen-bond acceptors (Lipinski definition) is 2. The van der Waals surface area contributed by atoms with Crippen LogP contribution in [0.3, 0.4) is 0 Å². The number of halogens is 2. The summed E-state index contributed by atoms with van der Waals surface area (Å²) in [5, 5.41) is 2.97. The molecule has 0 aliphatic rings. The highest BCUT2D eigenvalue weighted by molar-refractivity contribution is 6.31. The summed E-state index contributed by atoms with van der Waals surface area (Å²) >= 11 is 5.96. The van der Waals surface area contributed by atoms with E-state index in [4.69, 9.17) is 11.6 Å². The van der Waals surface area contributed by atoms with Gasteiger partial charge in [-0.1, -0.05) is 35.9 Å². The van der Waals surface area contributed by atoms with Gasteiger partial charge in [-0.25, -0.2) is 4.39 Å². The Balaban J connectivity index is 1.83. The fourth-order valence-corrected chi connectivity index (χ4v) is 2.40. The lowest BCUT2D eigenvalue weighted by atomic mass is 10.2. The van der Waals surface area contributed by atoms with Crippen LogP contribution < -0.4 is 5.32 Å². The first-order valence-corrected chi connectivity index (χ1v) is 7.87. The van der Waals surface area contributed by atoms with Crippen molar-refractivity contribution < 1.29 is 14.0 Å². The van der Waals surface area contributed by atoms with Gasteiger partial charge in [0.1, 0.15) is 5.82 Å². The van der Waals surface area contributed by atoms with E-state index in [0.29, 0.717) is 5.56 Å². The lowest BCUT2D eigenvalue weighted by molar-refractivity contribution is -0.130. The summed E-state index contributed by atoms with van der Waals surface area (Å²) in [6, 6.07) is 13.2. The monoisotopic (exact) mass is 348 g/mol. The van der Waals surface area contributed by atoms with Crippen molar-refractivity contribution in [1.29, 1.82) is 0 Å². The first-order valence-electron chi connectivity index (χ1n) is 7.49. The summed E-state index contributed by atoms with van der Waals surface area (Å²) in [5.41, 5.74) is 0.819. The molecular formula is C18H18ClFN2O2. The van der Waals surface area contributed by atoms with Crippen LogP contribution in [0, 0.1) is 5.82 Å². The zero-order valence-corrected chi connectivity index (χ0v) is 14.0. The molecule has 0 spiro atoms. The minimum absolute atomic E-state index is 0.0803. The summed E-state index contributed by atoms with van der Waals surface area (Å²) in [6.45, 7) is 0.291. The van der Waals surface area contributed by atoms with Gasteiger partial charge in [-0.3, -0.25) is 9.59 Å². The fraction of sp³-hybridized carbons (Fsp3) is 0.222. The van der Waals surface area contributed by atoms with E-state index < -0.39 is 5.82 Å². The molecule has 1 N–H and O–H groups in total. The van der Waals surface area contributed by atoms with Gasteiger partial charge < -0.3 is 10.2 Å². The topological polar surface area (TPSA) is 49.4 Å². The Kier molecular flexibility index (Phi) is 6.32. The van der Waals surface area contributed by atoms with Crippen molar-refractivity contribution in [1.82, 2.24) is 10.2 Å². The van der Waals surface area contributed by atoms with E-state index in [2.05, 4.69) is 5.32 Å². The molecule has 6 heteroatoms. The zero-order valence-electron chi connectivity index (χ0n) is 13.3. The van der Waals surface area contributed by atoms with Crippen molar-refractivity contribution in [3.05, 3.63) is 70.5 Å². The third-order valence-electron chi connectivity index (χ3n) is 3.54. The number of carbonyl (C=O) groups excluding carboxylic acids is 2. The molecule has 2 amide bonds. The summed E-state index contributed by atoms with van der Waals surface area (Å²) < 4.78 is 13.7. The molecule has 0 aliphatic heterocycles. The molecule has 2 aromatic carbocycles. The third-order valence-corrected chi connectivity index (χ3v) is 3.90. The van der Waals surface area contributed by atoms with Gasteiger partial charge in [-0.2, -0.15) is 0 Å². The Bertz CT molecular complexity index is 702. The summed E-state index contributed by atoms with van der Waals surface area (Å²) in [4.78, 5) is 25.4. The van der Waals surface area contributed by atoms with E-state index in [1.165, 1.54) is 17.0 Å². The van der Waals surface area contributed by atoms with E-state index in [1.807, 2.05) is 6.07 Å². The molecule has 126 valence electrons. The van der Waals surface area contributed by atoms with Gasteiger partial charge in [0.15, 0.2) is 0 Å². The van der Waals surface area contributed by atoms with Crippen molar-refractivity contribution in [2.75, 3.05) is 13.6 Å². The standard InChI is InChI=1S/C18H18ClFN2O2/c1-22(12-14-15(19)8-5-9-16(14)20)17(23)10-11-21-18(24)13-6-3-2-4-7-13/h2-9H,10-12H2,1H3,(H,21,24). The van der Waals surface area contributed by atoms with Crippen LogP contribution in [-0.4, -0.2) is 30.3 Å². The zero-order chi connectivity index (χ0) is 17.5. The van der Waals surface area contributed by atoms with E-state index in [0.717, 1.165) is 0 Å². The molecule has 0 unspecified atom stereocenters. The molecule has 4 nitrogen and oxygen atoms in total. The lowest BCUT2D eigenvalue weighted by Gasteiger charge is -2.18. The van der Waals surface area contributed by atoms with Crippen LogP contribution in [0.1, 0.15) is 22.3 Å². The van der Waals surface area contributed by atoms with Gasteiger partial charge in [0.05, 0.1) is 0 Å². The van der Waals surface area contributed by atoms with E-state index in [1.54, 1.807) is 37.4 Å².